The Balaban J connectivity index is 1.69. The number of aryl methyl sites for hydroxylation is 2. The molecule has 2 heterocycles. The van der Waals surface area contributed by atoms with E-state index in [0.29, 0.717) is 9.47 Å². The maximum atomic E-state index is 12.5. The molecule has 28 heavy (non-hydrogen) atoms. The van der Waals surface area contributed by atoms with Crippen molar-refractivity contribution in [1.82, 2.24) is 9.29 Å². The highest BCUT2D eigenvalue weighted by Crippen LogP contribution is 2.29. The Labute approximate surface area is 176 Å². The standard InChI is InChI=1S/C18H18ClN3O3S3/c1-11-4-5-12(2)13(8-11)14-10-26-18(20-14)21-16(23)9-22(3)28(24,25)17-7-6-15(19)27-17/h4-8,10H,9H2,1-3H3,(H,20,21,23). The Morgan fingerprint density at radius 2 is 2.00 bits per heavy atom. The molecule has 0 aliphatic carbocycles. The van der Waals surface area contributed by atoms with Gasteiger partial charge in [-0.2, -0.15) is 4.31 Å². The number of hydrogen-bond donors (Lipinski definition) is 1. The Hall–Kier alpha value is -1.78. The van der Waals surface area contributed by atoms with E-state index in [2.05, 4.69) is 10.3 Å². The highest BCUT2D eigenvalue weighted by Gasteiger charge is 2.25. The molecular weight excluding hydrogens is 438 g/mol. The summed E-state index contributed by atoms with van der Waals surface area (Å²) in [5.74, 6) is -0.462. The summed E-state index contributed by atoms with van der Waals surface area (Å²) in [6.45, 7) is 3.69. The van der Waals surface area contributed by atoms with Crippen molar-refractivity contribution in [2.24, 2.45) is 0 Å². The normalized spacial score (nSPS) is 11.8. The van der Waals surface area contributed by atoms with Gasteiger partial charge in [-0.05, 0) is 37.6 Å². The van der Waals surface area contributed by atoms with E-state index in [1.807, 2.05) is 37.4 Å². The van der Waals surface area contributed by atoms with Gasteiger partial charge in [0.2, 0.25) is 5.91 Å². The number of nitrogens with zero attached hydrogens (tertiary/aromatic N) is 2. The van der Waals surface area contributed by atoms with E-state index in [4.69, 9.17) is 11.6 Å². The highest BCUT2D eigenvalue weighted by atomic mass is 35.5. The molecule has 0 unspecified atom stereocenters. The van der Waals surface area contributed by atoms with Crippen LogP contribution in [-0.2, 0) is 14.8 Å². The van der Waals surface area contributed by atoms with Crippen LogP contribution in [-0.4, -0.2) is 37.2 Å². The summed E-state index contributed by atoms with van der Waals surface area (Å²) in [6.07, 6.45) is 0. The maximum Gasteiger partial charge on any atom is 0.252 e. The molecule has 0 fully saturated rings. The summed E-state index contributed by atoms with van der Waals surface area (Å²) in [5, 5.41) is 4.95. The Kier molecular flexibility index (Phi) is 6.21. The zero-order chi connectivity index (χ0) is 20.5. The van der Waals surface area contributed by atoms with Gasteiger partial charge in [0.05, 0.1) is 16.6 Å². The fourth-order valence-corrected chi connectivity index (χ4v) is 6.05. The van der Waals surface area contributed by atoms with Crippen molar-refractivity contribution < 1.29 is 13.2 Å². The minimum absolute atomic E-state index is 0.0965. The third-order valence-electron chi connectivity index (χ3n) is 4.00. The second-order valence-electron chi connectivity index (χ2n) is 6.22. The van der Waals surface area contributed by atoms with Crippen molar-refractivity contribution in [1.29, 1.82) is 0 Å². The van der Waals surface area contributed by atoms with Crippen LogP contribution in [0.1, 0.15) is 11.1 Å². The van der Waals surface area contributed by atoms with Crippen molar-refractivity contribution in [3.8, 4) is 11.3 Å². The van der Waals surface area contributed by atoms with E-state index in [1.54, 1.807) is 0 Å². The van der Waals surface area contributed by atoms with E-state index < -0.39 is 15.9 Å². The second-order valence-corrected chi connectivity index (χ2v) is 11.1. The number of amides is 1. The average molecular weight is 456 g/mol. The summed E-state index contributed by atoms with van der Waals surface area (Å²) in [6, 6.07) is 9.04. The van der Waals surface area contributed by atoms with E-state index >= 15 is 0 Å². The number of carbonyl (C=O) groups is 1. The van der Waals surface area contributed by atoms with Crippen molar-refractivity contribution in [2.45, 2.75) is 18.1 Å². The first-order valence-corrected chi connectivity index (χ1v) is 11.7. The zero-order valence-electron chi connectivity index (χ0n) is 15.4. The summed E-state index contributed by atoms with van der Waals surface area (Å²) < 4.78 is 26.4. The molecule has 0 saturated carbocycles. The quantitative estimate of drug-likeness (QED) is 0.597. The molecule has 10 heteroatoms. The summed E-state index contributed by atoms with van der Waals surface area (Å²) >= 11 is 8.05. The Bertz CT molecular complexity index is 1120. The highest BCUT2D eigenvalue weighted by molar-refractivity contribution is 7.91. The molecular formula is C18H18ClN3O3S3. The van der Waals surface area contributed by atoms with Crippen LogP contribution in [0.5, 0.6) is 0 Å². The molecule has 148 valence electrons. The minimum atomic E-state index is -3.76. The molecule has 0 bridgehead atoms. The van der Waals surface area contributed by atoms with Gasteiger partial charge in [-0.3, -0.25) is 4.79 Å². The third kappa shape index (κ3) is 4.61. The fraction of sp³-hybridized carbons (Fsp3) is 0.222. The summed E-state index contributed by atoms with van der Waals surface area (Å²) in [7, 11) is -2.41. The van der Waals surface area contributed by atoms with Crippen LogP contribution in [0.3, 0.4) is 0 Å². The van der Waals surface area contributed by atoms with Gasteiger partial charge in [0, 0.05) is 18.0 Å². The molecule has 1 amide bonds. The SMILES string of the molecule is Cc1ccc(C)c(-c2csc(NC(=O)CN(C)S(=O)(=O)c3ccc(Cl)s3)n2)c1. The molecule has 2 aromatic heterocycles. The number of carbonyl (C=O) groups excluding carboxylic acids is 1. The number of aromatic nitrogens is 1. The van der Waals surface area contributed by atoms with Crippen molar-refractivity contribution in [3.05, 3.63) is 51.2 Å². The van der Waals surface area contributed by atoms with Crippen LogP contribution in [0.15, 0.2) is 39.9 Å². The molecule has 0 radical (unpaired) electrons. The van der Waals surface area contributed by atoms with Crippen LogP contribution < -0.4 is 5.32 Å². The van der Waals surface area contributed by atoms with Crippen LogP contribution in [0.25, 0.3) is 11.3 Å². The molecule has 3 rings (SSSR count). The van der Waals surface area contributed by atoms with Crippen LogP contribution in [0, 0.1) is 13.8 Å². The molecule has 1 N–H and O–H groups in total. The lowest BCUT2D eigenvalue weighted by Crippen LogP contribution is -2.34. The van der Waals surface area contributed by atoms with Gasteiger partial charge in [-0.25, -0.2) is 13.4 Å². The number of hydrogen-bond acceptors (Lipinski definition) is 6. The third-order valence-corrected chi connectivity index (χ3v) is 8.26. The number of rotatable bonds is 6. The summed E-state index contributed by atoms with van der Waals surface area (Å²) in [4.78, 5) is 16.8. The van der Waals surface area contributed by atoms with Gasteiger partial charge in [-0.15, -0.1) is 22.7 Å². The molecule has 1 aromatic carbocycles. The number of sulfonamides is 1. The van der Waals surface area contributed by atoms with E-state index in [-0.39, 0.29) is 10.8 Å². The molecule has 0 atom stereocenters. The maximum absolute atomic E-state index is 12.5. The first-order valence-electron chi connectivity index (χ1n) is 8.21. The van der Waals surface area contributed by atoms with Crippen LogP contribution in [0.4, 0.5) is 5.13 Å². The fourth-order valence-electron chi connectivity index (χ4n) is 2.50. The summed E-state index contributed by atoms with van der Waals surface area (Å²) in [5.41, 5.74) is 4.00. The van der Waals surface area contributed by atoms with Gasteiger partial charge in [-0.1, -0.05) is 29.3 Å². The van der Waals surface area contributed by atoms with E-state index in [1.165, 1.54) is 30.5 Å². The molecule has 6 nitrogen and oxygen atoms in total. The number of nitrogens with one attached hydrogen (secondary N) is 1. The topological polar surface area (TPSA) is 79.4 Å². The van der Waals surface area contributed by atoms with Crippen LogP contribution in [0.2, 0.25) is 4.34 Å². The zero-order valence-corrected chi connectivity index (χ0v) is 18.6. The Morgan fingerprint density at radius 3 is 2.68 bits per heavy atom. The average Bonchev–Trinajstić information content (AvgIpc) is 3.26. The largest absolute Gasteiger partial charge is 0.301 e. The monoisotopic (exact) mass is 455 g/mol. The number of benzene rings is 1. The lowest BCUT2D eigenvalue weighted by atomic mass is 10.0. The predicted octanol–water partition coefficient (Wildman–Crippen LogP) is 4.40. The van der Waals surface area contributed by atoms with Gasteiger partial charge in [0.25, 0.3) is 10.0 Å². The number of thiazole rings is 1. The number of halogens is 1. The number of anilines is 1. The smallest absolute Gasteiger partial charge is 0.252 e. The lowest BCUT2D eigenvalue weighted by Gasteiger charge is -2.15. The van der Waals surface area contributed by atoms with Gasteiger partial charge >= 0.3 is 0 Å². The van der Waals surface area contributed by atoms with Crippen molar-refractivity contribution >= 4 is 55.3 Å². The molecule has 0 spiro atoms. The van der Waals surface area contributed by atoms with Crippen molar-refractivity contribution in [3.63, 3.8) is 0 Å². The number of likely N-dealkylation sites (N-methyl/N-ethyl adjacent to an activating group) is 1. The van der Waals surface area contributed by atoms with Gasteiger partial charge in [0.1, 0.15) is 4.21 Å². The minimum Gasteiger partial charge on any atom is -0.301 e. The van der Waals surface area contributed by atoms with Crippen molar-refractivity contribution in [2.75, 3.05) is 18.9 Å². The van der Waals surface area contributed by atoms with Crippen LogP contribution >= 0.6 is 34.3 Å². The molecule has 0 saturated heterocycles. The molecule has 3 aromatic rings. The van der Waals surface area contributed by atoms with Gasteiger partial charge < -0.3 is 5.32 Å². The lowest BCUT2D eigenvalue weighted by molar-refractivity contribution is -0.116. The van der Waals surface area contributed by atoms with E-state index in [9.17, 15) is 13.2 Å². The predicted molar refractivity (Wildman–Crippen MR) is 115 cm³/mol. The first kappa shape index (κ1) is 20.9. The Morgan fingerprint density at radius 1 is 1.25 bits per heavy atom. The van der Waals surface area contributed by atoms with Gasteiger partial charge in [0.15, 0.2) is 5.13 Å². The second kappa shape index (κ2) is 8.30. The molecule has 0 aliphatic rings. The van der Waals surface area contributed by atoms with E-state index in [0.717, 1.165) is 38.0 Å². The molecule has 0 aliphatic heterocycles. The number of thiophene rings is 1. The first-order chi connectivity index (χ1) is 13.2.